The standard InChI is InChI=1S/C59H114O6/c1-4-7-10-13-16-17-18-19-20-21-22-23-24-25-26-27-28-29-30-31-32-33-34-35-36-37-38-39-40-41-42-43-44-47-49-52-58(61)64-55-56(65-59(62)53-50-46-15-12-9-6-3)54-63-57(60)51-48-45-14-11-8-5-2/h56H,4-55H2,1-3H3. The largest absolute Gasteiger partial charge is 0.462 e. The summed E-state index contributed by atoms with van der Waals surface area (Å²) in [4.78, 5) is 37.4. The van der Waals surface area contributed by atoms with Gasteiger partial charge in [0.25, 0.3) is 0 Å². The number of esters is 3. The molecular weight excluding hydrogens is 805 g/mol. The van der Waals surface area contributed by atoms with Crippen LogP contribution in [0.4, 0.5) is 0 Å². The Morgan fingerprint density at radius 1 is 0.246 bits per heavy atom. The van der Waals surface area contributed by atoms with E-state index in [1.807, 2.05) is 0 Å². The van der Waals surface area contributed by atoms with Gasteiger partial charge in [-0.25, -0.2) is 0 Å². The van der Waals surface area contributed by atoms with Crippen LogP contribution >= 0.6 is 0 Å². The highest BCUT2D eigenvalue weighted by Crippen LogP contribution is 2.18. The molecule has 0 aliphatic rings. The molecule has 0 spiro atoms. The van der Waals surface area contributed by atoms with Gasteiger partial charge in [-0.15, -0.1) is 0 Å². The van der Waals surface area contributed by atoms with Crippen LogP contribution < -0.4 is 0 Å². The molecule has 386 valence electrons. The second-order valence-corrected chi connectivity index (χ2v) is 20.3. The summed E-state index contributed by atoms with van der Waals surface area (Å²) in [5.74, 6) is -0.868. The summed E-state index contributed by atoms with van der Waals surface area (Å²) in [5.41, 5.74) is 0. The smallest absolute Gasteiger partial charge is 0.306 e. The van der Waals surface area contributed by atoms with E-state index in [0.717, 1.165) is 57.8 Å². The van der Waals surface area contributed by atoms with Crippen molar-refractivity contribution in [2.75, 3.05) is 13.2 Å². The molecule has 0 amide bonds. The molecule has 6 nitrogen and oxygen atoms in total. The van der Waals surface area contributed by atoms with Crippen LogP contribution in [0, 0.1) is 0 Å². The molecule has 1 atom stereocenters. The minimum Gasteiger partial charge on any atom is -0.462 e. The molecule has 0 fully saturated rings. The van der Waals surface area contributed by atoms with Crippen molar-refractivity contribution in [3.8, 4) is 0 Å². The van der Waals surface area contributed by atoms with Gasteiger partial charge >= 0.3 is 17.9 Å². The van der Waals surface area contributed by atoms with Crippen LogP contribution in [0.5, 0.6) is 0 Å². The molecule has 65 heavy (non-hydrogen) atoms. The fourth-order valence-electron chi connectivity index (χ4n) is 9.15. The van der Waals surface area contributed by atoms with Gasteiger partial charge < -0.3 is 14.2 Å². The van der Waals surface area contributed by atoms with Crippen molar-refractivity contribution in [2.24, 2.45) is 0 Å². The van der Waals surface area contributed by atoms with Crippen molar-refractivity contribution in [2.45, 2.75) is 348 Å². The second-order valence-electron chi connectivity index (χ2n) is 20.3. The Morgan fingerprint density at radius 3 is 0.615 bits per heavy atom. The number of hydrogen-bond acceptors (Lipinski definition) is 6. The molecule has 0 aromatic rings. The van der Waals surface area contributed by atoms with E-state index in [-0.39, 0.29) is 31.1 Å². The van der Waals surface area contributed by atoms with Gasteiger partial charge in [0, 0.05) is 19.3 Å². The number of hydrogen-bond donors (Lipinski definition) is 0. The van der Waals surface area contributed by atoms with Gasteiger partial charge in [0.05, 0.1) is 0 Å². The van der Waals surface area contributed by atoms with Crippen molar-refractivity contribution in [1.29, 1.82) is 0 Å². The quantitative estimate of drug-likeness (QED) is 0.0344. The molecule has 1 unspecified atom stereocenters. The molecule has 0 saturated heterocycles. The van der Waals surface area contributed by atoms with Gasteiger partial charge in [0.15, 0.2) is 6.10 Å². The molecule has 0 radical (unpaired) electrons. The van der Waals surface area contributed by atoms with Crippen LogP contribution in [0.25, 0.3) is 0 Å². The van der Waals surface area contributed by atoms with E-state index in [1.54, 1.807) is 0 Å². The zero-order chi connectivity index (χ0) is 47.2. The Hall–Kier alpha value is -1.59. The first-order valence-corrected chi connectivity index (χ1v) is 29.5. The third-order valence-corrected chi connectivity index (χ3v) is 13.6. The van der Waals surface area contributed by atoms with Gasteiger partial charge in [0.2, 0.25) is 0 Å². The molecule has 0 N–H and O–H groups in total. The van der Waals surface area contributed by atoms with E-state index in [1.165, 1.54) is 244 Å². The van der Waals surface area contributed by atoms with Crippen molar-refractivity contribution in [3.05, 3.63) is 0 Å². The van der Waals surface area contributed by atoms with E-state index in [4.69, 9.17) is 14.2 Å². The predicted octanol–water partition coefficient (Wildman–Crippen LogP) is 19.5. The molecule has 0 aliphatic heterocycles. The number of carbonyl (C=O) groups is 3. The van der Waals surface area contributed by atoms with E-state index < -0.39 is 6.10 Å². The van der Waals surface area contributed by atoms with Crippen molar-refractivity contribution in [3.63, 3.8) is 0 Å². The average Bonchev–Trinajstić information content (AvgIpc) is 3.30. The lowest BCUT2D eigenvalue weighted by molar-refractivity contribution is -0.167. The zero-order valence-electron chi connectivity index (χ0n) is 44.3. The van der Waals surface area contributed by atoms with Crippen LogP contribution in [-0.4, -0.2) is 37.2 Å². The fraction of sp³-hybridized carbons (Fsp3) is 0.949. The van der Waals surface area contributed by atoms with Crippen molar-refractivity contribution in [1.82, 2.24) is 0 Å². The van der Waals surface area contributed by atoms with Gasteiger partial charge in [-0.05, 0) is 19.3 Å². The van der Waals surface area contributed by atoms with E-state index in [0.29, 0.717) is 19.3 Å². The monoisotopic (exact) mass is 919 g/mol. The lowest BCUT2D eigenvalue weighted by Gasteiger charge is -2.18. The van der Waals surface area contributed by atoms with Crippen molar-refractivity contribution < 1.29 is 28.6 Å². The molecule has 0 heterocycles. The summed E-state index contributed by atoms with van der Waals surface area (Å²) >= 11 is 0. The topological polar surface area (TPSA) is 78.9 Å². The highest BCUT2D eigenvalue weighted by atomic mass is 16.6. The molecule has 6 heteroatoms. The second kappa shape index (κ2) is 55.0. The Morgan fingerprint density at radius 2 is 0.415 bits per heavy atom. The Kier molecular flexibility index (Phi) is 53.7. The van der Waals surface area contributed by atoms with E-state index in [9.17, 15) is 14.4 Å². The lowest BCUT2D eigenvalue weighted by atomic mass is 10.0. The summed E-state index contributed by atoms with van der Waals surface area (Å²) < 4.78 is 16.6. The summed E-state index contributed by atoms with van der Waals surface area (Å²) in [6, 6.07) is 0. The minimum absolute atomic E-state index is 0.0644. The van der Waals surface area contributed by atoms with Crippen LogP contribution in [-0.2, 0) is 28.6 Å². The molecule has 0 bridgehead atoms. The zero-order valence-corrected chi connectivity index (χ0v) is 44.3. The summed E-state index contributed by atoms with van der Waals surface area (Å²) in [7, 11) is 0. The molecule has 0 saturated carbocycles. The van der Waals surface area contributed by atoms with E-state index >= 15 is 0 Å². The van der Waals surface area contributed by atoms with Crippen LogP contribution in [0.15, 0.2) is 0 Å². The summed E-state index contributed by atoms with van der Waals surface area (Å²) in [6.45, 7) is 6.56. The van der Waals surface area contributed by atoms with E-state index in [2.05, 4.69) is 20.8 Å². The van der Waals surface area contributed by atoms with Crippen molar-refractivity contribution >= 4 is 17.9 Å². The van der Waals surface area contributed by atoms with Gasteiger partial charge in [0.1, 0.15) is 13.2 Å². The summed E-state index contributed by atoms with van der Waals surface area (Å²) in [6.07, 6.45) is 62.1. The first kappa shape index (κ1) is 63.4. The highest BCUT2D eigenvalue weighted by molar-refractivity contribution is 5.71. The number of ether oxygens (including phenoxy) is 3. The maximum Gasteiger partial charge on any atom is 0.306 e. The predicted molar refractivity (Wildman–Crippen MR) is 280 cm³/mol. The first-order chi connectivity index (χ1) is 32.0. The highest BCUT2D eigenvalue weighted by Gasteiger charge is 2.19. The SMILES string of the molecule is CCCCCCCCCCCCCCCCCCCCCCCCCCCCCCCCCCCCCC(=O)OCC(COC(=O)CCCCCCCC)OC(=O)CCCCCCCC. The average molecular weight is 920 g/mol. The maximum absolute atomic E-state index is 12.6. The molecule has 0 aromatic carbocycles. The fourth-order valence-corrected chi connectivity index (χ4v) is 9.15. The number of rotatable bonds is 55. The Balaban J connectivity index is 3.66. The van der Waals surface area contributed by atoms with Crippen LogP contribution in [0.1, 0.15) is 342 Å². The molecule has 0 aliphatic carbocycles. The minimum atomic E-state index is -0.757. The van der Waals surface area contributed by atoms with Gasteiger partial charge in [-0.1, -0.05) is 303 Å². The number of carbonyl (C=O) groups excluding carboxylic acids is 3. The molecule has 0 rings (SSSR count). The van der Waals surface area contributed by atoms with Crippen LogP contribution in [0.2, 0.25) is 0 Å². The molecule has 0 aromatic heterocycles. The maximum atomic E-state index is 12.6. The third-order valence-electron chi connectivity index (χ3n) is 13.6. The normalized spacial score (nSPS) is 11.9. The lowest BCUT2D eigenvalue weighted by Crippen LogP contribution is -2.30. The first-order valence-electron chi connectivity index (χ1n) is 29.5. The van der Waals surface area contributed by atoms with Crippen LogP contribution in [0.3, 0.4) is 0 Å². The number of unbranched alkanes of at least 4 members (excludes halogenated alkanes) is 44. The third kappa shape index (κ3) is 53.2. The Bertz CT molecular complexity index is 967. The summed E-state index contributed by atoms with van der Waals surface area (Å²) in [5, 5.41) is 0. The Labute approximate surface area is 406 Å². The molecular formula is C59H114O6. The van der Waals surface area contributed by atoms with Gasteiger partial charge in [-0.2, -0.15) is 0 Å². The van der Waals surface area contributed by atoms with Gasteiger partial charge in [-0.3, -0.25) is 14.4 Å².